The molecular formula is C15H24N2O3. The van der Waals surface area contributed by atoms with Crippen LogP contribution in [0, 0.1) is 6.92 Å². The second kappa shape index (κ2) is 7.87. The summed E-state index contributed by atoms with van der Waals surface area (Å²) in [7, 11) is 1.59. The molecule has 2 atom stereocenters. The summed E-state index contributed by atoms with van der Waals surface area (Å²) in [5, 5.41) is 15.9. The summed E-state index contributed by atoms with van der Waals surface area (Å²) in [6, 6.07) is 5.08. The monoisotopic (exact) mass is 280 g/mol. The lowest BCUT2D eigenvalue weighted by Crippen LogP contribution is -2.44. The maximum absolute atomic E-state index is 11.8. The number of carbonyl (C=O) groups excluding carboxylic acids is 1. The van der Waals surface area contributed by atoms with Crippen molar-refractivity contribution in [3.63, 3.8) is 0 Å². The van der Waals surface area contributed by atoms with Gasteiger partial charge in [-0.1, -0.05) is 12.1 Å². The molecule has 0 aliphatic rings. The summed E-state index contributed by atoms with van der Waals surface area (Å²) >= 11 is 0. The first-order chi connectivity index (χ1) is 9.45. The second-order valence-corrected chi connectivity index (χ2v) is 4.96. The van der Waals surface area contributed by atoms with E-state index in [0.29, 0.717) is 13.2 Å². The molecule has 5 nitrogen and oxygen atoms in total. The van der Waals surface area contributed by atoms with Gasteiger partial charge in [0.15, 0.2) is 0 Å². The van der Waals surface area contributed by atoms with Gasteiger partial charge in [0.1, 0.15) is 5.75 Å². The van der Waals surface area contributed by atoms with Gasteiger partial charge in [-0.15, -0.1) is 0 Å². The molecule has 0 radical (unpaired) electrons. The number of carbonyl (C=O) groups is 1. The van der Waals surface area contributed by atoms with Gasteiger partial charge in [-0.3, -0.25) is 10.1 Å². The molecule has 0 bridgehead atoms. The number of methoxy groups -OCH3 is 1. The maximum Gasteiger partial charge on any atom is 0.236 e. The third-order valence-corrected chi connectivity index (χ3v) is 3.15. The Bertz CT molecular complexity index is 449. The molecule has 0 aliphatic carbocycles. The number of hydrogen-bond acceptors (Lipinski definition) is 4. The summed E-state index contributed by atoms with van der Waals surface area (Å²) in [6.07, 6.45) is 0. The summed E-state index contributed by atoms with van der Waals surface area (Å²) < 4.78 is 4.88. The Kier molecular flexibility index (Phi) is 6.48. The van der Waals surface area contributed by atoms with Crippen molar-refractivity contribution >= 4 is 5.91 Å². The number of amides is 1. The highest BCUT2D eigenvalue weighted by atomic mass is 16.5. The lowest BCUT2D eigenvalue weighted by atomic mass is 10.0. The minimum absolute atomic E-state index is 0.0829. The number of nitrogens with one attached hydrogen (secondary N) is 2. The minimum Gasteiger partial charge on any atom is -0.508 e. The molecule has 0 fully saturated rings. The zero-order chi connectivity index (χ0) is 15.1. The third kappa shape index (κ3) is 4.83. The molecule has 0 saturated carbocycles. The van der Waals surface area contributed by atoms with Crippen LogP contribution in [0.4, 0.5) is 0 Å². The van der Waals surface area contributed by atoms with Crippen molar-refractivity contribution in [2.75, 3.05) is 20.3 Å². The standard InChI is InChI=1S/C15H24N2O3/c1-10-5-6-13(14(18)9-10)11(2)17-12(3)15(19)16-7-8-20-4/h5-6,9,11-12,17-18H,7-8H2,1-4H3,(H,16,19). The van der Waals surface area contributed by atoms with Gasteiger partial charge in [-0.05, 0) is 32.4 Å². The van der Waals surface area contributed by atoms with Crippen LogP contribution < -0.4 is 10.6 Å². The maximum atomic E-state index is 11.8. The Labute approximate surface area is 120 Å². The smallest absolute Gasteiger partial charge is 0.236 e. The van der Waals surface area contributed by atoms with Crippen LogP contribution in [0.2, 0.25) is 0 Å². The Morgan fingerprint density at radius 1 is 1.40 bits per heavy atom. The van der Waals surface area contributed by atoms with Crippen LogP contribution in [0.15, 0.2) is 18.2 Å². The summed E-state index contributed by atoms with van der Waals surface area (Å²) in [5.41, 5.74) is 1.79. The Hall–Kier alpha value is -1.59. The zero-order valence-electron chi connectivity index (χ0n) is 12.6. The van der Waals surface area contributed by atoms with E-state index in [-0.39, 0.29) is 23.7 Å². The molecule has 1 rings (SSSR count). The van der Waals surface area contributed by atoms with E-state index in [1.807, 2.05) is 26.0 Å². The van der Waals surface area contributed by atoms with Crippen molar-refractivity contribution in [3.8, 4) is 5.75 Å². The van der Waals surface area contributed by atoms with Crippen molar-refractivity contribution in [2.24, 2.45) is 0 Å². The number of phenolic OH excluding ortho intramolecular Hbond substituents is 1. The fourth-order valence-electron chi connectivity index (χ4n) is 1.99. The Morgan fingerprint density at radius 3 is 2.70 bits per heavy atom. The second-order valence-electron chi connectivity index (χ2n) is 4.96. The molecule has 0 saturated heterocycles. The molecule has 1 amide bonds. The van der Waals surface area contributed by atoms with Crippen molar-refractivity contribution in [3.05, 3.63) is 29.3 Å². The predicted octanol–water partition coefficient (Wildman–Crippen LogP) is 1.50. The van der Waals surface area contributed by atoms with Crippen LogP contribution in [0.1, 0.15) is 31.0 Å². The Balaban J connectivity index is 2.56. The van der Waals surface area contributed by atoms with Crippen LogP contribution in [0.5, 0.6) is 5.75 Å². The lowest BCUT2D eigenvalue weighted by molar-refractivity contribution is -0.123. The molecular weight excluding hydrogens is 256 g/mol. The quantitative estimate of drug-likeness (QED) is 0.662. The first kappa shape index (κ1) is 16.5. The van der Waals surface area contributed by atoms with Crippen LogP contribution >= 0.6 is 0 Å². The molecule has 20 heavy (non-hydrogen) atoms. The van der Waals surface area contributed by atoms with Crippen molar-refractivity contribution in [1.29, 1.82) is 0 Å². The van der Waals surface area contributed by atoms with Crippen molar-refractivity contribution < 1.29 is 14.6 Å². The predicted molar refractivity (Wildman–Crippen MR) is 78.7 cm³/mol. The molecule has 5 heteroatoms. The molecule has 112 valence electrons. The van der Waals surface area contributed by atoms with Crippen molar-refractivity contribution in [1.82, 2.24) is 10.6 Å². The number of ether oxygens (including phenoxy) is 1. The first-order valence-electron chi connectivity index (χ1n) is 6.78. The molecule has 1 aromatic carbocycles. The molecule has 2 unspecified atom stereocenters. The van der Waals surface area contributed by atoms with Gasteiger partial charge in [0, 0.05) is 25.3 Å². The van der Waals surface area contributed by atoms with E-state index in [1.54, 1.807) is 20.1 Å². The molecule has 1 aromatic rings. The number of rotatable bonds is 7. The van der Waals surface area contributed by atoms with Crippen molar-refractivity contribution in [2.45, 2.75) is 32.9 Å². The Morgan fingerprint density at radius 2 is 2.10 bits per heavy atom. The van der Waals surface area contributed by atoms with E-state index in [1.165, 1.54) is 0 Å². The van der Waals surface area contributed by atoms with E-state index in [0.717, 1.165) is 11.1 Å². The summed E-state index contributed by atoms with van der Waals surface area (Å²) in [5.74, 6) is 0.164. The minimum atomic E-state index is -0.345. The van der Waals surface area contributed by atoms with Gasteiger partial charge in [-0.25, -0.2) is 0 Å². The zero-order valence-corrected chi connectivity index (χ0v) is 12.6. The third-order valence-electron chi connectivity index (χ3n) is 3.15. The van der Waals surface area contributed by atoms with E-state index >= 15 is 0 Å². The van der Waals surface area contributed by atoms with Gasteiger partial charge in [0.25, 0.3) is 0 Å². The first-order valence-corrected chi connectivity index (χ1v) is 6.78. The molecule has 0 aliphatic heterocycles. The van der Waals surface area contributed by atoms with E-state index in [2.05, 4.69) is 10.6 Å². The average Bonchev–Trinajstić information content (AvgIpc) is 2.38. The van der Waals surface area contributed by atoms with Crippen LogP contribution in [0.3, 0.4) is 0 Å². The van der Waals surface area contributed by atoms with Crippen LogP contribution in [0.25, 0.3) is 0 Å². The van der Waals surface area contributed by atoms with E-state index in [9.17, 15) is 9.90 Å². The highest BCUT2D eigenvalue weighted by molar-refractivity contribution is 5.81. The fraction of sp³-hybridized carbons (Fsp3) is 0.533. The van der Waals surface area contributed by atoms with E-state index < -0.39 is 0 Å². The number of benzene rings is 1. The van der Waals surface area contributed by atoms with Gasteiger partial charge in [0.2, 0.25) is 5.91 Å². The van der Waals surface area contributed by atoms with Gasteiger partial charge in [-0.2, -0.15) is 0 Å². The topological polar surface area (TPSA) is 70.6 Å². The summed E-state index contributed by atoms with van der Waals surface area (Å²) in [6.45, 7) is 6.62. The highest BCUT2D eigenvalue weighted by Crippen LogP contribution is 2.25. The lowest BCUT2D eigenvalue weighted by Gasteiger charge is -2.21. The number of aryl methyl sites for hydroxylation is 1. The fourth-order valence-corrected chi connectivity index (χ4v) is 1.99. The van der Waals surface area contributed by atoms with Gasteiger partial charge in [0.05, 0.1) is 12.6 Å². The summed E-state index contributed by atoms with van der Waals surface area (Å²) in [4.78, 5) is 11.8. The molecule has 0 spiro atoms. The normalized spacial score (nSPS) is 13.8. The molecule has 0 heterocycles. The van der Waals surface area contributed by atoms with Gasteiger partial charge >= 0.3 is 0 Å². The highest BCUT2D eigenvalue weighted by Gasteiger charge is 2.17. The number of hydrogen-bond donors (Lipinski definition) is 3. The molecule has 3 N–H and O–H groups in total. The van der Waals surface area contributed by atoms with E-state index in [4.69, 9.17) is 4.74 Å². The number of aromatic hydroxyl groups is 1. The van der Waals surface area contributed by atoms with Gasteiger partial charge < -0.3 is 15.2 Å². The molecule has 0 aromatic heterocycles. The number of phenols is 1. The van der Waals surface area contributed by atoms with Crippen LogP contribution in [-0.2, 0) is 9.53 Å². The van der Waals surface area contributed by atoms with Crippen LogP contribution in [-0.4, -0.2) is 37.3 Å². The largest absolute Gasteiger partial charge is 0.508 e. The SMILES string of the molecule is COCCNC(=O)C(C)NC(C)c1ccc(C)cc1O. The average molecular weight is 280 g/mol.